The Labute approximate surface area is 109 Å². The summed E-state index contributed by atoms with van der Waals surface area (Å²) in [5, 5.41) is 14.4. The summed E-state index contributed by atoms with van der Waals surface area (Å²) in [6, 6.07) is 6.43. The second kappa shape index (κ2) is 4.08. The van der Waals surface area contributed by atoms with E-state index in [2.05, 4.69) is 5.32 Å². The van der Waals surface area contributed by atoms with Gasteiger partial charge in [0.05, 0.1) is 10.4 Å². The van der Waals surface area contributed by atoms with Crippen molar-refractivity contribution >= 4 is 22.6 Å². The topological polar surface area (TPSA) is 77.2 Å². The zero-order chi connectivity index (χ0) is 13.6. The molecule has 1 aliphatic rings. The number of non-ortho nitro benzene ring substituents is 1. The number of fused-ring (bicyclic) bond motifs is 1. The average Bonchev–Trinajstić information content (AvgIpc) is 3.08. The van der Waals surface area contributed by atoms with Gasteiger partial charge in [-0.15, -0.1) is 0 Å². The van der Waals surface area contributed by atoms with E-state index in [1.165, 1.54) is 12.1 Å². The molecule has 2 aromatic rings. The Morgan fingerprint density at radius 2 is 2.16 bits per heavy atom. The Bertz CT molecular complexity index is 686. The number of hydrogen-bond donors (Lipinski definition) is 1. The molecule has 0 radical (unpaired) electrons. The largest absolute Gasteiger partial charge is 0.335 e. The first-order valence-electron chi connectivity index (χ1n) is 6.13. The van der Waals surface area contributed by atoms with Crippen molar-refractivity contribution in [1.29, 1.82) is 0 Å². The molecule has 6 nitrogen and oxygen atoms in total. The summed E-state index contributed by atoms with van der Waals surface area (Å²) >= 11 is 0. The lowest BCUT2D eigenvalue weighted by molar-refractivity contribution is -0.384. The molecule has 1 aliphatic carbocycles. The predicted molar refractivity (Wildman–Crippen MR) is 70.3 cm³/mol. The Balaban J connectivity index is 2.06. The van der Waals surface area contributed by atoms with Crippen LogP contribution in [0, 0.1) is 17.0 Å². The lowest BCUT2D eigenvalue weighted by Crippen LogP contribution is -2.30. The Kier molecular flexibility index (Phi) is 2.51. The third-order valence-electron chi connectivity index (χ3n) is 3.29. The number of nitrogens with zero attached hydrogens (tertiary/aromatic N) is 2. The van der Waals surface area contributed by atoms with Crippen LogP contribution in [0.3, 0.4) is 0 Å². The predicted octanol–water partition coefficient (Wildman–Crippen LogP) is 2.58. The van der Waals surface area contributed by atoms with Gasteiger partial charge in [-0.25, -0.2) is 4.79 Å². The number of nitro groups is 1. The van der Waals surface area contributed by atoms with Crippen LogP contribution in [-0.4, -0.2) is 21.6 Å². The highest BCUT2D eigenvalue weighted by Crippen LogP contribution is 2.25. The number of aryl methyl sites for hydroxylation is 1. The minimum absolute atomic E-state index is 0.0345. The molecule has 1 aromatic carbocycles. The number of hydrogen-bond acceptors (Lipinski definition) is 3. The van der Waals surface area contributed by atoms with Gasteiger partial charge in [0.2, 0.25) is 0 Å². The van der Waals surface area contributed by atoms with Crippen LogP contribution in [-0.2, 0) is 0 Å². The molecular weight excluding hydrogens is 246 g/mol. The molecule has 0 aliphatic heterocycles. The first kappa shape index (κ1) is 11.7. The molecule has 1 heterocycles. The summed E-state index contributed by atoms with van der Waals surface area (Å²) < 4.78 is 1.57. The van der Waals surface area contributed by atoms with E-state index in [9.17, 15) is 14.9 Å². The maximum Gasteiger partial charge on any atom is 0.326 e. The minimum Gasteiger partial charge on any atom is -0.335 e. The van der Waals surface area contributed by atoms with Crippen molar-refractivity contribution in [2.75, 3.05) is 0 Å². The van der Waals surface area contributed by atoms with Crippen molar-refractivity contribution < 1.29 is 9.72 Å². The van der Waals surface area contributed by atoms with E-state index in [1.807, 2.05) is 6.92 Å². The van der Waals surface area contributed by atoms with E-state index < -0.39 is 4.92 Å². The lowest BCUT2D eigenvalue weighted by Gasteiger charge is -2.07. The van der Waals surface area contributed by atoms with Crippen LogP contribution >= 0.6 is 0 Å². The van der Waals surface area contributed by atoms with E-state index in [-0.39, 0.29) is 17.8 Å². The molecule has 0 bridgehead atoms. The van der Waals surface area contributed by atoms with Gasteiger partial charge in [0.1, 0.15) is 0 Å². The van der Waals surface area contributed by atoms with Gasteiger partial charge in [-0.05, 0) is 31.9 Å². The molecule has 0 spiro atoms. The fourth-order valence-corrected chi connectivity index (χ4v) is 2.19. The number of nitrogens with one attached hydrogen (secondary N) is 1. The first-order chi connectivity index (χ1) is 9.06. The zero-order valence-electron chi connectivity index (χ0n) is 10.4. The Morgan fingerprint density at radius 3 is 2.79 bits per heavy atom. The number of aromatic nitrogens is 1. The quantitative estimate of drug-likeness (QED) is 0.665. The third-order valence-corrected chi connectivity index (χ3v) is 3.29. The normalized spacial score (nSPS) is 14.6. The molecule has 6 heteroatoms. The van der Waals surface area contributed by atoms with E-state index in [0.29, 0.717) is 10.9 Å². The third kappa shape index (κ3) is 2.05. The van der Waals surface area contributed by atoms with Crippen molar-refractivity contribution in [3.8, 4) is 0 Å². The van der Waals surface area contributed by atoms with Crippen molar-refractivity contribution in [3.05, 3.63) is 40.1 Å². The highest BCUT2D eigenvalue weighted by molar-refractivity contribution is 5.94. The molecule has 3 rings (SSSR count). The molecular formula is C13H13N3O3. The highest BCUT2D eigenvalue weighted by atomic mass is 16.6. The SMILES string of the molecule is Cc1cc2cc([N+](=O)[O-])ccc2n1C(=O)NC1CC1. The molecule has 1 saturated carbocycles. The van der Waals surface area contributed by atoms with Gasteiger partial charge in [-0.1, -0.05) is 0 Å². The van der Waals surface area contributed by atoms with Crippen LogP contribution in [0.5, 0.6) is 0 Å². The summed E-state index contributed by atoms with van der Waals surface area (Å²) in [4.78, 5) is 22.4. The van der Waals surface area contributed by atoms with Crippen LogP contribution in [0.1, 0.15) is 18.5 Å². The Morgan fingerprint density at radius 1 is 1.42 bits per heavy atom. The molecule has 1 aromatic heterocycles. The lowest BCUT2D eigenvalue weighted by atomic mass is 10.2. The van der Waals surface area contributed by atoms with Crippen molar-refractivity contribution in [3.63, 3.8) is 0 Å². The molecule has 1 fully saturated rings. The van der Waals surface area contributed by atoms with Crippen LogP contribution in [0.2, 0.25) is 0 Å². The summed E-state index contributed by atoms with van der Waals surface area (Å²) in [7, 11) is 0. The van der Waals surface area contributed by atoms with Crippen molar-refractivity contribution in [2.45, 2.75) is 25.8 Å². The fourth-order valence-electron chi connectivity index (χ4n) is 2.19. The monoisotopic (exact) mass is 259 g/mol. The van der Waals surface area contributed by atoms with Gasteiger partial charge in [0.15, 0.2) is 0 Å². The van der Waals surface area contributed by atoms with Gasteiger partial charge in [0, 0.05) is 29.3 Å². The molecule has 0 saturated heterocycles. The molecule has 0 unspecified atom stereocenters. The smallest absolute Gasteiger partial charge is 0.326 e. The van der Waals surface area contributed by atoms with Crippen LogP contribution in [0.15, 0.2) is 24.3 Å². The van der Waals surface area contributed by atoms with E-state index >= 15 is 0 Å². The zero-order valence-corrected chi connectivity index (χ0v) is 10.4. The molecule has 0 atom stereocenters. The van der Waals surface area contributed by atoms with Gasteiger partial charge >= 0.3 is 6.03 Å². The van der Waals surface area contributed by atoms with Gasteiger partial charge in [-0.3, -0.25) is 14.7 Å². The summed E-state index contributed by atoms with van der Waals surface area (Å²) in [5.41, 5.74) is 1.50. The maximum absolute atomic E-state index is 12.1. The molecule has 1 N–H and O–H groups in total. The number of amides is 1. The van der Waals surface area contributed by atoms with Crippen LogP contribution < -0.4 is 5.32 Å². The number of rotatable bonds is 2. The fraction of sp³-hybridized carbons (Fsp3) is 0.308. The Hall–Kier alpha value is -2.37. The van der Waals surface area contributed by atoms with Crippen LogP contribution in [0.25, 0.3) is 10.9 Å². The van der Waals surface area contributed by atoms with E-state index in [4.69, 9.17) is 0 Å². The maximum atomic E-state index is 12.1. The number of carbonyl (C=O) groups excluding carboxylic acids is 1. The standard InChI is InChI=1S/C13H13N3O3/c1-8-6-9-7-11(16(18)19)4-5-12(9)15(8)13(17)14-10-2-3-10/h4-7,10H,2-3H2,1H3,(H,14,17). The number of nitro benzene ring substituents is 1. The number of benzene rings is 1. The van der Waals surface area contributed by atoms with Gasteiger partial charge < -0.3 is 5.32 Å². The minimum atomic E-state index is -0.434. The summed E-state index contributed by atoms with van der Waals surface area (Å²) in [5.74, 6) is 0. The van der Waals surface area contributed by atoms with Crippen molar-refractivity contribution in [2.24, 2.45) is 0 Å². The number of carbonyl (C=O) groups is 1. The first-order valence-corrected chi connectivity index (χ1v) is 6.13. The summed E-state index contributed by atoms with van der Waals surface area (Å²) in [6.45, 7) is 1.82. The van der Waals surface area contributed by atoms with E-state index in [1.54, 1.807) is 16.7 Å². The van der Waals surface area contributed by atoms with Gasteiger partial charge in [-0.2, -0.15) is 0 Å². The summed E-state index contributed by atoms with van der Waals surface area (Å²) in [6.07, 6.45) is 2.05. The highest BCUT2D eigenvalue weighted by Gasteiger charge is 2.25. The molecule has 19 heavy (non-hydrogen) atoms. The van der Waals surface area contributed by atoms with Crippen LogP contribution in [0.4, 0.5) is 10.5 Å². The average molecular weight is 259 g/mol. The molecule has 1 amide bonds. The van der Waals surface area contributed by atoms with E-state index in [0.717, 1.165) is 18.5 Å². The van der Waals surface area contributed by atoms with Gasteiger partial charge in [0.25, 0.3) is 5.69 Å². The second-order valence-electron chi connectivity index (χ2n) is 4.85. The second-order valence-corrected chi connectivity index (χ2v) is 4.85. The molecule has 98 valence electrons. The van der Waals surface area contributed by atoms with Crippen molar-refractivity contribution in [1.82, 2.24) is 9.88 Å².